The molecule has 3 aromatic carbocycles. The number of carboxylic acid groups (broad SMARTS) is 1. The molecule has 1 fully saturated rings. The molecule has 3 aromatic rings. The highest BCUT2D eigenvalue weighted by atomic mass is 35.5. The molecule has 0 spiro atoms. The number of hydrogen-bond acceptors (Lipinski definition) is 6. The van der Waals surface area contributed by atoms with Crippen molar-refractivity contribution >= 4 is 41.3 Å². The lowest BCUT2D eigenvalue weighted by Crippen LogP contribution is -2.30. The normalized spacial score (nSPS) is 14.3. The van der Waals surface area contributed by atoms with Gasteiger partial charge in [-0.2, -0.15) is 0 Å². The first-order chi connectivity index (χ1) is 16.4. The third kappa shape index (κ3) is 4.87. The molecule has 34 heavy (non-hydrogen) atoms. The zero-order valence-electron chi connectivity index (χ0n) is 17.9. The number of hydrogen-bond donors (Lipinski definition) is 1. The molecule has 9 heteroatoms. The van der Waals surface area contributed by atoms with E-state index < -0.39 is 17.9 Å². The van der Waals surface area contributed by atoms with Gasteiger partial charge in [0.15, 0.2) is 11.5 Å². The summed E-state index contributed by atoms with van der Waals surface area (Å²) in [5.41, 5.74) is 1.93. The summed E-state index contributed by atoms with van der Waals surface area (Å²) in [4.78, 5) is 37.1. The molecule has 3 amide bonds. The van der Waals surface area contributed by atoms with Crippen LogP contribution in [0.5, 0.6) is 11.5 Å². The van der Waals surface area contributed by atoms with Gasteiger partial charge in [0.1, 0.15) is 12.3 Å². The molecule has 172 valence electrons. The summed E-state index contributed by atoms with van der Waals surface area (Å²) in [6.45, 7) is 0.188. The fourth-order valence-corrected chi connectivity index (χ4v) is 3.53. The van der Waals surface area contributed by atoms with Crippen molar-refractivity contribution in [3.63, 3.8) is 0 Å². The highest BCUT2D eigenvalue weighted by Crippen LogP contribution is 2.31. The maximum Gasteiger partial charge on any atom is 0.333 e. The third-order valence-corrected chi connectivity index (χ3v) is 5.26. The molecule has 8 nitrogen and oxygen atoms in total. The number of nitrogens with zero attached hydrogens (tertiary/aromatic N) is 1. The van der Waals surface area contributed by atoms with Gasteiger partial charge in [-0.15, -0.1) is 0 Å². The van der Waals surface area contributed by atoms with Gasteiger partial charge in [0.05, 0.1) is 18.8 Å². The Labute approximate surface area is 200 Å². The minimum Gasteiger partial charge on any atom is -0.545 e. The van der Waals surface area contributed by atoms with Crippen molar-refractivity contribution in [3.8, 4) is 11.5 Å². The van der Waals surface area contributed by atoms with E-state index in [-0.39, 0.29) is 17.9 Å². The molecule has 0 aromatic heterocycles. The predicted molar refractivity (Wildman–Crippen MR) is 124 cm³/mol. The second kappa shape index (κ2) is 9.68. The fourth-order valence-electron chi connectivity index (χ4n) is 3.34. The molecule has 0 aliphatic carbocycles. The van der Waals surface area contributed by atoms with Crippen LogP contribution in [0.25, 0.3) is 6.08 Å². The van der Waals surface area contributed by atoms with Gasteiger partial charge >= 0.3 is 6.03 Å². The SMILES string of the molecule is COc1cc(/C=C2\NC(=O)N(c3cccc(Cl)c3)C2=O)ccc1OCc1ccc(C(=O)[O-])cc1. The number of methoxy groups -OCH3 is 1. The predicted octanol–water partition coefficient (Wildman–Crippen LogP) is 3.39. The lowest BCUT2D eigenvalue weighted by atomic mass is 10.1. The van der Waals surface area contributed by atoms with E-state index in [2.05, 4.69) is 5.32 Å². The molecular weight excluding hydrogens is 460 g/mol. The number of nitrogens with one attached hydrogen (secondary N) is 1. The molecule has 0 unspecified atom stereocenters. The average Bonchev–Trinajstić information content (AvgIpc) is 3.10. The first-order valence-electron chi connectivity index (χ1n) is 10.1. The summed E-state index contributed by atoms with van der Waals surface area (Å²) >= 11 is 5.98. The van der Waals surface area contributed by atoms with Gasteiger partial charge in [0.25, 0.3) is 5.91 Å². The van der Waals surface area contributed by atoms with Crippen LogP contribution in [0, 0.1) is 0 Å². The summed E-state index contributed by atoms with van der Waals surface area (Å²) < 4.78 is 11.2. The summed E-state index contributed by atoms with van der Waals surface area (Å²) in [7, 11) is 1.48. The Morgan fingerprint density at radius 1 is 1.06 bits per heavy atom. The van der Waals surface area contributed by atoms with Gasteiger partial charge in [0, 0.05) is 5.02 Å². The number of urea groups is 1. The molecule has 1 saturated heterocycles. The highest BCUT2D eigenvalue weighted by Gasteiger charge is 2.34. The number of imide groups is 1. The monoisotopic (exact) mass is 477 g/mol. The lowest BCUT2D eigenvalue weighted by molar-refractivity contribution is -0.255. The van der Waals surface area contributed by atoms with Crippen LogP contribution in [0.2, 0.25) is 5.02 Å². The molecule has 0 radical (unpaired) electrons. The van der Waals surface area contributed by atoms with Crippen LogP contribution in [0.1, 0.15) is 21.5 Å². The van der Waals surface area contributed by atoms with Gasteiger partial charge in [-0.3, -0.25) is 4.79 Å². The maximum absolute atomic E-state index is 12.8. The zero-order chi connectivity index (χ0) is 24.2. The van der Waals surface area contributed by atoms with Gasteiger partial charge in [-0.1, -0.05) is 48.0 Å². The molecule has 0 bridgehead atoms. The smallest absolute Gasteiger partial charge is 0.333 e. The first kappa shape index (κ1) is 22.9. The summed E-state index contributed by atoms with van der Waals surface area (Å²) in [5.74, 6) is -0.877. The molecule has 1 aliphatic rings. The van der Waals surface area contributed by atoms with E-state index in [1.807, 2.05) is 0 Å². The second-order valence-electron chi connectivity index (χ2n) is 7.29. The number of anilines is 1. The molecule has 1 aliphatic heterocycles. The Hall–Kier alpha value is -4.30. The fraction of sp³-hybridized carbons (Fsp3) is 0.0800. The van der Waals surface area contributed by atoms with E-state index in [1.54, 1.807) is 48.5 Å². The van der Waals surface area contributed by atoms with E-state index in [1.165, 1.54) is 31.4 Å². The van der Waals surface area contributed by atoms with Crippen molar-refractivity contribution in [2.75, 3.05) is 12.0 Å². The van der Waals surface area contributed by atoms with Crippen LogP contribution in [-0.4, -0.2) is 25.0 Å². The Kier molecular flexibility index (Phi) is 6.51. The summed E-state index contributed by atoms with van der Waals surface area (Å²) in [6, 6.07) is 17.1. The Bertz CT molecular complexity index is 1300. The van der Waals surface area contributed by atoms with Crippen LogP contribution in [-0.2, 0) is 11.4 Å². The van der Waals surface area contributed by atoms with Crippen molar-refractivity contribution in [2.24, 2.45) is 0 Å². The van der Waals surface area contributed by atoms with Crippen LogP contribution in [0.3, 0.4) is 0 Å². The number of rotatable bonds is 7. The molecule has 0 atom stereocenters. The molecule has 4 rings (SSSR count). The third-order valence-electron chi connectivity index (χ3n) is 5.03. The second-order valence-corrected chi connectivity index (χ2v) is 7.73. The lowest BCUT2D eigenvalue weighted by Gasteiger charge is -2.12. The first-order valence-corrected chi connectivity index (χ1v) is 10.5. The number of benzene rings is 3. The van der Waals surface area contributed by atoms with Crippen molar-refractivity contribution in [2.45, 2.75) is 6.61 Å². The molecule has 1 N–H and O–H groups in total. The number of halogens is 1. The average molecular weight is 478 g/mol. The van der Waals surface area contributed by atoms with Gasteiger partial charge in [-0.25, -0.2) is 9.69 Å². The van der Waals surface area contributed by atoms with Gasteiger partial charge < -0.3 is 24.7 Å². The molecular formula is C25H18ClN2O6-. The largest absolute Gasteiger partial charge is 0.545 e. The van der Waals surface area contributed by atoms with E-state index in [0.717, 1.165) is 10.5 Å². The number of carbonyl (C=O) groups is 3. The quantitative estimate of drug-likeness (QED) is 0.413. The topological polar surface area (TPSA) is 108 Å². The summed E-state index contributed by atoms with van der Waals surface area (Å²) in [5, 5.41) is 13.8. The number of carbonyl (C=O) groups excluding carboxylic acids is 3. The zero-order valence-corrected chi connectivity index (χ0v) is 18.7. The number of carboxylic acids is 1. The number of amides is 3. The van der Waals surface area contributed by atoms with Gasteiger partial charge in [0.2, 0.25) is 0 Å². The van der Waals surface area contributed by atoms with Crippen molar-refractivity contribution in [1.82, 2.24) is 5.32 Å². The number of aromatic carboxylic acids is 1. The van der Waals surface area contributed by atoms with Crippen LogP contribution in [0.4, 0.5) is 10.5 Å². The van der Waals surface area contributed by atoms with Gasteiger partial charge in [-0.05, 0) is 53.1 Å². The van der Waals surface area contributed by atoms with Crippen LogP contribution in [0.15, 0.2) is 72.4 Å². The van der Waals surface area contributed by atoms with E-state index in [0.29, 0.717) is 27.8 Å². The van der Waals surface area contributed by atoms with Crippen molar-refractivity contribution in [1.29, 1.82) is 0 Å². The van der Waals surface area contributed by atoms with Crippen LogP contribution >= 0.6 is 11.6 Å². The summed E-state index contributed by atoms with van der Waals surface area (Å²) in [6.07, 6.45) is 1.54. The Morgan fingerprint density at radius 3 is 2.50 bits per heavy atom. The minimum absolute atomic E-state index is 0.0844. The van der Waals surface area contributed by atoms with Crippen LogP contribution < -0.4 is 24.8 Å². The molecule has 0 saturated carbocycles. The Balaban J connectivity index is 1.50. The minimum atomic E-state index is -1.24. The highest BCUT2D eigenvalue weighted by molar-refractivity contribution is 6.32. The maximum atomic E-state index is 12.8. The number of ether oxygens (including phenoxy) is 2. The van der Waals surface area contributed by atoms with E-state index in [4.69, 9.17) is 21.1 Å². The standard InChI is InChI=1S/C25H19ClN2O6/c1-33-22-12-16(7-10-21(22)34-14-15-5-8-17(9-6-15)24(30)31)11-20-23(29)28(25(32)27-20)19-4-2-3-18(26)13-19/h2-13H,14H2,1H3,(H,27,32)(H,30,31)/p-1/b20-11-. The molecule has 1 heterocycles. The van der Waals surface area contributed by atoms with E-state index >= 15 is 0 Å². The van der Waals surface area contributed by atoms with Crippen molar-refractivity contribution < 1.29 is 29.0 Å². The van der Waals surface area contributed by atoms with E-state index in [9.17, 15) is 19.5 Å². The Morgan fingerprint density at radius 2 is 1.82 bits per heavy atom. The van der Waals surface area contributed by atoms with Crippen molar-refractivity contribution in [3.05, 3.63) is 94.1 Å².